The standard InChI is InChI=1S/C19H22N2O2/c1-12-5-8-16(17(22)20-12)21-10-9-13-11-14(19(2,3)4)6-7-15(13)18(21)23/h6-7,9-11,16H,1,5,8H2,2-4H3,(H,20,22). The molecule has 0 aliphatic carbocycles. The highest BCUT2D eigenvalue weighted by Gasteiger charge is 2.26. The zero-order chi connectivity index (χ0) is 16.8. The van der Waals surface area contributed by atoms with E-state index in [0.29, 0.717) is 18.2 Å². The van der Waals surface area contributed by atoms with Crippen LogP contribution in [0.25, 0.3) is 10.8 Å². The number of aromatic nitrogens is 1. The SMILES string of the molecule is C=C1CCC(n2ccc3cc(C(C)(C)C)ccc3c2=O)C(=O)N1. The molecule has 1 N–H and O–H groups in total. The van der Waals surface area contributed by atoms with Gasteiger partial charge in [0.2, 0.25) is 5.91 Å². The van der Waals surface area contributed by atoms with Crippen LogP contribution in [0.4, 0.5) is 0 Å². The molecule has 1 fully saturated rings. The predicted molar refractivity (Wildman–Crippen MR) is 92.5 cm³/mol. The van der Waals surface area contributed by atoms with E-state index in [1.165, 1.54) is 5.56 Å². The summed E-state index contributed by atoms with van der Waals surface area (Å²) >= 11 is 0. The molecular formula is C19H22N2O2. The number of benzene rings is 1. The van der Waals surface area contributed by atoms with Crippen molar-refractivity contribution >= 4 is 16.7 Å². The van der Waals surface area contributed by atoms with Crippen LogP contribution in [0, 0.1) is 0 Å². The zero-order valence-corrected chi connectivity index (χ0v) is 13.8. The number of carbonyl (C=O) groups is 1. The molecule has 1 aliphatic rings. The van der Waals surface area contributed by atoms with E-state index >= 15 is 0 Å². The Hall–Kier alpha value is -2.36. The minimum absolute atomic E-state index is 0.0344. The normalized spacial score (nSPS) is 19.0. The quantitative estimate of drug-likeness (QED) is 0.879. The molecule has 2 heterocycles. The van der Waals surface area contributed by atoms with Crippen LogP contribution in [0.3, 0.4) is 0 Å². The van der Waals surface area contributed by atoms with E-state index in [9.17, 15) is 9.59 Å². The molecule has 0 radical (unpaired) electrons. The Balaban J connectivity index is 2.08. The van der Waals surface area contributed by atoms with Crippen molar-refractivity contribution in [2.45, 2.75) is 45.1 Å². The van der Waals surface area contributed by atoms with Crippen LogP contribution in [-0.2, 0) is 10.2 Å². The number of amides is 1. The van der Waals surface area contributed by atoms with Crippen molar-refractivity contribution in [1.82, 2.24) is 9.88 Å². The van der Waals surface area contributed by atoms with Crippen LogP contribution >= 0.6 is 0 Å². The number of pyridine rings is 1. The summed E-state index contributed by atoms with van der Waals surface area (Å²) in [7, 11) is 0. The summed E-state index contributed by atoms with van der Waals surface area (Å²) in [5.41, 5.74) is 1.83. The van der Waals surface area contributed by atoms with Gasteiger partial charge >= 0.3 is 0 Å². The van der Waals surface area contributed by atoms with Gasteiger partial charge in [-0.1, -0.05) is 39.5 Å². The molecule has 1 aromatic heterocycles. The number of allylic oxidation sites excluding steroid dienone is 1. The van der Waals surface area contributed by atoms with Gasteiger partial charge in [0.05, 0.1) is 0 Å². The minimum Gasteiger partial charge on any atom is -0.329 e. The summed E-state index contributed by atoms with van der Waals surface area (Å²) in [5, 5.41) is 4.31. The second-order valence-corrected chi connectivity index (χ2v) is 7.23. The van der Waals surface area contributed by atoms with Crippen molar-refractivity contribution in [3.63, 3.8) is 0 Å². The first-order chi connectivity index (χ1) is 10.8. The van der Waals surface area contributed by atoms with Gasteiger partial charge in [0.1, 0.15) is 6.04 Å². The smallest absolute Gasteiger partial charge is 0.259 e. The molecule has 4 heteroatoms. The van der Waals surface area contributed by atoms with Crippen molar-refractivity contribution in [1.29, 1.82) is 0 Å². The van der Waals surface area contributed by atoms with E-state index < -0.39 is 6.04 Å². The fraction of sp³-hybridized carbons (Fsp3) is 0.368. The molecule has 1 aromatic carbocycles. The lowest BCUT2D eigenvalue weighted by Gasteiger charge is -2.25. The lowest BCUT2D eigenvalue weighted by molar-refractivity contribution is -0.124. The third kappa shape index (κ3) is 2.81. The number of nitrogens with zero attached hydrogens (tertiary/aromatic N) is 1. The maximum Gasteiger partial charge on any atom is 0.259 e. The molecule has 3 rings (SSSR count). The van der Waals surface area contributed by atoms with Crippen molar-refractivity contribution in [3.8, 4) is 0 Å². The van der Waals surface area contributed by atoms with Crippen LogP contribution in [0.1, 0.15) is 45.2 Å². The second kappa shape index (κ2) is 5.37. The zero-order valence-electron chi connectivity index (χ0n) is 13.8. The van der Waals surface area contributed by atoms with Crippen molar-refractivity contribution in [3.05, 3.63) is 58.7 Å². The van der Waals surface area contributed by atoms with Gasteiger partial charge in [-0.05, 0) is 41.3 Å². The number of rotatable bonds is 1. The molecule has 1 saturated heterocycles. The lowest BCUT2D eigenvalue weighted by atomic mass is 9.86. The van der Waals surface area contributed by atoms with Crippen LogP contribution in [-0.4, -0.2) is 10.5 Å². The van der Waals surface area contributed by atoms with Gasteiger partial charge in [0, 0.05) is 17.3 Å². The Kier molecular flexibility index (Phi) is 3.63. The number of piperidine rings is 1. The molecule has 120 valence electrons. The number of fused-ring (bicyclic) bond motifs is 1. The number of hydrogen-bond acceptors (Lipinski definition) is 2. The average Bonchev–Trinajstić information content (AvgIpc) is 2.47. The number of hydrogen-bond donors (Lipinski definition) is 1. The molecule has 0 saturated carbocycles. The van der Waals surface area contributed by atoms with E-state index in [4.69, 9.17) is 0 Å². The molecule has 1 amide bonds. The van der Waals surface area contributed by atoms with Gasteiger partial charge in [-0.15, -0.1) is 0 Å². The van der Waals surface area contributed by atoms with E-state index in [2.05, 4.69) is 38.7 Å². The fourth-order valence-corrected chi connectivity index (χ4v) is 3.00. The van der Waals surface area contributed by atoms with Crippen molar-refractivity contribution in [2.75, 3.05) is 0 Å². The van der Waals surface area contributed by atoms with Gasteiger partial charge in [0.25, 0.3) is 5.56 Å². The van der Waals surface area contributed by atoms with E-state index in [-0.39, 0.29) is 16.9 Å². The largest absolute Gasteiger partial charge is 0.329 e. The molecule has 4 nitrogen and oxygen atoms in total. The highest BCUT2D eigenvalue weighted by atomic mass is 16.2. The van der Waals surface area contributed by atoms with Crippen LogP contribution in [0.5, 0.6) is 0 Å². The maximum atomic E-state index is 12.8. The fourth-order valence-electron chi connectivity index (χ4n) is 3.00. The lowest BCUT2D eigenvalue weighted by Crippen LogP contribution is -2.40. The Morgan fingerprint density at radius 1 is 1.22 bits per heavy atom. The Morgan fingerprint density at radius 2 is 1.96 bits per heavy atom. The summed E-state index contributed by atoms with van der Waals surface area (Å²) < 4.78 is 1.54. The maximum absolute atomic E-state index is 12.8. The highest BCUT2D eigenvalue weighted by molar-refractivity contribution is 5.85. The Labute approximate surface area is 135 Å². The van der Waals surface area contributed by atoms with Crippen LogP contribution in [0.15, 0.2) is 47.5 Å². The van der Waals surface area contributed by atoms with Gasteiger partial charge in [-0.25, -0.2) is 0 Å². The average molecular weight is 310 g/mol. The van der Waals surface area contributed by atoms with Gasteiger partial charge in [-0.2, -0.15) is 0 Å². The van der Waals surface area contributed by atoms with Gasteiger partial charge < -0.3 is 9.88 Å². The second-order valence-electron chi connectivity index (χ2n) is 7.23. The van der Waals surface area contributed by atoms with Gasteiger partial charge in [-0.3, -0.25) is 9.59 Å². The van der Waals surface area contributed by atoms with E-state index in [1.807, 2.05) is 18.2 Å². The van der Waals surface area contributed by atoms with E-state index in [1.54, 1.807) is 10.8 Å². The summed E-state index contributed by atoms with van der Waals surface area (Å²) in [6, 6.07) is 7.39. The topological polar surface area (TPSA) is 51.1 Å². The summed E-state index contributed by atoms with van der Waals surface area (Å²) in [5.74, 6) is -0.158. The predicted octanol–water partition coefficient (Wildman–Crippen LogP) is 3.26. The third-order valence-corrected chi connectivity index (χ3v) is 4.46. The first-order valence-electron chi connectivity index (χ1n) is 7.91. The highest BCUT2D eigenvalue weighted by Crippen LogP contribution is 2.26. The summed E-state index contributed by atoms with van der Waals surface area (Å²) in [4.78, 5) is 24.9. The molecule has 0 spiro atoms. The summed E-state index contributed by atoms with van der Waals surface area (Å²) in [6.07, 6.45) is 3.04. The summed E-state index contributed by atoms with van der Waals surface area (Å²) in [6.45, 7) is 10.2. The Morgan fingerprint density at radius 3 is 2.61 bits per heavy atom. The van der Waals surface area contributed by atoms with Crippen LogP contribution < -0.4 is 10.9 Å². The monoisotopic (exact) mass is 310 g/mol. The first kappa shape index (κ1) is 15.5. The number of carbonyl (C=O) groups excluding carboxylic acids is 1. The molecular weight excluding hydrogens is 288 g/mol. The first-order valence-corrected chi connectivity index (χ1v) is 7.91. The van der Waals surface area contributed by atoms with E-state index in [0.717, 1.165) is 11.1 Å². The molecule has 1 aliphatic heterocycles. The van der Waals surface area contributed by atoms with Gasteiger partial charge in [0.15, 0.2) is 0 Å². The molecule has 1 atom stereocenters. The Bertz CT molecular complexity index is 856. The third-order valence-electron chi connectivity index (χ3n) is 4.46. The number of nitrogens with one attached hydrogen (secondary N) is 1. The van der Waals surface area contributed by atoms with Crippen molar-refractivity contribution in [2.24, 2.45) is 0 Å². The molecule has 2 aromatic rings. The van der Waals surface area contributed by atoms with Crippen molar-refractivity contribution < 1.29 is 4.79 Å². The molecule has 1 unspecified atom stereocenters. The molecule has 0 bridgehead atoms. The minimum atomic E-state index is -0.459. The molecule has 23 heavy (non-hydrogen) atoms. The van der Waals surface area contributed by atoms with Crippen LogP contribution in [0.2, 0.25) is 0 Å².